The van der Waals surface area contributed by atoms with E-state index in [-0.39, 0.29) is 48.8 Å². The molecule has 3 aliphatic heterocycles. The second-order valence-electron chi connectivity index (χ2n) is 6.73. The SMILES string of the molecule is CC1C=[N+]2CCCN3CC(C)C(=O)N(CCCN(C1=O)C2=O)C3=O. The van der Waals surface area contributed by atoms with Crippen LogP contribution in [-0.4, -0.2) is 82.1 Å². The van der Waals surface area contributed by atoms with E-state index in [1.165, 1.54) is 9.80 Å². The molecule has 8 nitrogen and oxygen atoms in total. The Labute approximate surface area is 140 Å². The summed E-state index contributed by atoms with van der Waals surface area (Å²) in [5.74, 6) is -0.956. The molecule has 6 amide bonds. The first-order chi connectivity index (χ1) is 11.4. The zero-order valence-corrected chi connectivity index (χ0v) is 14.1. The van der Waals surface area contributed by atoms with E-state index in [9.17, 15) is 19.2 Å². The van der Waals surface area contributed by atoms with Gasteiger partial charge in [0.2, 0.25) is 5.91 Å². The van der Waals surface area contributed by atoms with Gasteiger partial charge in [0.05, 0.1) is 25.2 Å². The number of rotatable bonds is 0. The first-order valence-corrected chi connectivity index (χ1v) is 8.47. The smallest absolute Gasteiger partial charge is 0.323 e. The van der Waals surface area contributed by atoms with Gasteiger partial charge in [-0.25, -0.2) is 14.2 Å². The molecule has 0 aromatic carbocycles. The van der Waals surface area contributed by atoms with Crippen molar-refractivity contribution in [2.24, 2.45) is 11.8 Å². The van der Waals surface area contributed by atoms with Crippen molar-refractivity contribution in [2.45, 2.75) is 26.7 Å². The largest absolute Gasteiger partial charge is 0.500 e. The van der Waals surface area contributed by atoms with E-state index in [4.69, 9.17) is 0 Å². The molecule has 0 aromatic heterocycles. The summed E-state index contributed by atoms with van der Waals surface area (Å²) in [7, 11) is 0. The predicted octanol–water partition coefficient (Wildman–Crippen LogP) is 0.362. The van der Waals surface area contributed by atoms with E-state index in [1.54, 1.807) is 22.6 Å². The molecular weight excluding hydrogens is 312 g/mol. The molecule has 0 saturated carbocycles. The van der Waals surface area contributed by atoms with Crippen molar-refractivity contribution in [1.82, 2.24) is 14.7 Å². The molecule has 2 atom stereocenters. The highest BCUT2D eigenvalue weighted by atomic mass is 16.2. The maximum atomic E-state index is 12.5. The minimum Gasteiger partial charge on any atom is -0.323 e. The third-order valence-corrected chi connectivity index (χ3v) is 4.81. The predicted molar refractivity (Wildman–Crippen MR) is 84.5 cm³/mol. The maximum absolute atomic E-state index is 12.5. The summed E-state index contributed by atoms with van der Waals surface area (Å²) in [6.07, 6.45) is 2.68. The van der Waals surface area contributed by atoms with Gasteiger partial charge in [-0.3, -0.25) is 9.69 Å². The lowest BCUT2D eigenvalue weighted by atomic mass is 10.1. The van der Waals surface area contributed by atoms with E-state index in [1.807, 2.05) is 6.92 Å². The molecule has 0 radical (unpaired) electrons. The van der Waals surface area contributed by atoms with Gasteiger partial charge >= 0.3 is 18.0 Å². The van der Waals surface area contributed by atoms with Crippen LogP contribution in [0.15, 0.2) is 0 Å². The quantitative estimate of drug-likeness (QED) is 0.599. The van der Waals surface area contributed by atoms with Crippen molar-refractivity contribution in [3.63, 3.8) is 0 Å². The van der Waals surface area contributed by atoms with Crippen LogP contribution in [0.1, 0.15) is 26.7 Å². The van der Waals surface area contributed by atoms with Crippen molar-refractivity contribution >= 4 is 30.1 Å². The van der Waals surface area contributed by atoms with E-state index in [2.05, 4.69) is 0 Å². The van der Waals surface area contributed by atoms with Crippen molar-refractivity contribution in [3.8, 4) is 0 Å². The molecule has 3 heterocycles. The molecular formula is C16H23N4O4+. The van der Waals surface area contributed by atoms with Gasteiger partial charge in [-0.15, -0.1) is 0 Å². The Morgan fingerprint density at radius 3 is 2.42 bits per heavy atom. The Kier molecular flexibility index (Phi) is 4.38. The van der Waals surface area contributed by atoms with Crippen LogP contribution in [-0.2, 0) is 9.59 Å². The Balaban J connectivity index is 1.85. The minimum absolute atomic E-state index is 0.173. The third-order valence-electron chi connectivity index (χ3n) is 4.81. The highest BCUT2D eigenvalue weighted by molar-refractivity contribution is 6.03. The molecule has 130 valence electrons. The van der Waals surface area contributed by atoms with Crippen molar-refractivity contribution in [2.75, 3.05) is 32.7 Å². The minimum atomic E-state index is -0.339. The average molecular weight is 335 g/mol. The van der Waals surface area contributed by atoms with Gasteiger partial charge < -0.3 is 4.90 Å². The van der Waals surface area contributed by atoms with E-state index >= 15 is 0 Å². The van der Waals surface area contributed by atoms with Crippen LogP contribution in [0, 0.1) is 11.8 Å². The molecule has 2 saturated heterocycles. The number of urea groups is 2. The molecule has 2 fully saturated rings. The normalized spacial score (nSPS) is 29.2. The van der Waals surface area contributed by atoms with Gasteiger partial charge in [-0.2, -0.15) is 9.69 Å². The fourth-order valence-corrected chi connectivity index (χ4v) is 3.50. The summed E-state index contributed by atoms with van der Waals surface area (Å²) >= 11 is 0. The lowest BCUT2D eigenvalue weighted by Crippen LogP contribution is -2.58. The van der Waals surface area contributed by atoms with Crippen LogP contribution in [0.25, 0.3) is 0 Å². The number of nitrogens with zero attached hydrogens (tertiary/aromatic N) is 4. The van der Waals surface area contributed by atoms with E-state index < -0.39 is 0 Å². The summed E-state index contributed by atoms with van der Waals surface area (Å²) in [5.41, 5.74) is 0. The number of fused-ring (bicyclic) bond motifs is 4. The summed E-state index contributed by atoms with van der Waals surface area (Å²) in [6.45, 7) is 5.42. The zero-order valence-electron chi connectivity index (χ0n) is 14.1. The Morgan fingerprint density at radius 2 is 1.67 bits per heavy atom. The van der Waals surface area contributed by atoms with Gasteiger partial charge in [0.1, 0.15) is 5.92 Å². The molecule has 2 unspecified atom stereocenters. The van der Waals surface area contributed by atoms with Crippen LogP contribution < -0.4 is 0 Å². The summed E-state index contributed by atoms with van der Waals surface area (Å²) in [4.78, 5) is 53.7. The molecule has 0 aliphatic carbocycles. The van der Waals surface area contributed by atoms with Gasteiger partial charge in [0.15, 0.2) is 0 Å². The number of imide groups is 2. The molecule has 0 spiro atoms. The lowest BCUT2D eigenvalue weighted by Gasteiger charge is -2.38. The molecule has 0 N–H and O–H groups in total. The highest BCUT2D eigenvalue weighted by Crippen LogP contribution is 2.18. The molecule has 0 aromatic rings. The Bertz CT molecular complexity index is 630. The fourth-order valence-electron chi connectivity index (χ4n) is 3.50. The van der Waals surface area contributed by atoms with Crippen LogP contribution >= 0.6 is 0 Å². The first-order valence-electron chi connectivity index (χ1n) is 8.47. The van der Waals surface area contributed by atoms with E-state index in [0.29, 0.717) is 32.5 Å². The van der Waals surface area contributed by atoms with Gasteiger partial charge in [-0.1, -0.05) is 6.92 Å². The fraction of sp³-hybridized carbons (Fsp3) is 0.688. The Morgan fingerprint density at radius 1 is 0.958 bits per heavy atom. The average Bonchev–Trinajstić information content (AvgIpc) is 2.54. The highest BCUT2D eigenvalue weighted by Gasteiger charge is 2.42. The molecule has 8 heteroatoms. The van der Waals surface area contributed by atoms with Gasteiger partial charge in [0.25, 0.3) is 0 Å². The molecule has 3 aliphatic rings. The van der Waals surface area contributed by atoms with Gasteiger partial charge in [0, 0.05) is 32.5 Å². The first kappa shape index (κ1) is 16.6. The number of hydrogen-bond donors (Lipinski definition) is 0. The van der Waals surface area contributed by atoms with Crippen LogP contribution in [0.2, 0.25) is 0 Å². The maximum Gasteiger partial charge on any atom is 0.500 e. The molecule has 24 heavy (non-hydrogen) atoms. The topological polar surface area (TPSA) is 81.0 Å². The lowest BCUT2D eigenvalue weighted by molar-refractivity contribution is -0.436. The number of carbonyl (C=O) groups excluding carboxylic acids is 4. The zero-order chi connectivity index (χ0) is 17.4. The standard InChI is InChI=1S/C16H23N4O4/c1-11-9-17-5-3-6-18-10-12(2)14(22)20(16(18)24)8-4-7-19(13(11)21)15(17)23/h9,11-12H,3-8,10H2,1-2H3/q+1. The Hall–Kier alpha value is -2.25. The summed E-state index contributed by atoms with van der Waals surface area (Å²) < 4.78 is 1.58. The van der Waals surface area contributed by atoms with E-state index in [0.717, 1.165) is 0 Å². The number of hydrogen-bond acceptors (Lipinski definition) is 4. The van der Waals surface area contributed by atoms with Crippen molar-refractivity contribution in [3.05, 3.63) is 0 Å². The van der Waals surface area contributed by atoms with Crippen molar-refractivity contribution in [1.29, 1.82) is 0 Å². The number of carbonyl (C=O) groups is 4. The molecule has 3 rings (SSSR count). The van der Waals surface area contributed by atoms with Crippen LogP contribution in [0.4, 0.5) is 9.59 Å². The molecule has 4 bridgehead atoms. The second kappa shape index (κ2) is 6.33. The van der Waals surface area contributed by atoms with Crippen molar-refractivity contribution < 1.29 is 23.8 Å². The monoisotopic (exact) mass is 335 g/mol. The summed E-state index contributed by atoms with van der Waals surface area (Å²) in [6, 6.07) is -0.566. The second-order valence-corrected chi connectivity index (χ2v) is 6.73. The van der Waals surface area contributed by atoms with Crippen LogP contribution in [0.5, 0.6) is 0 Å². The third kappa shape index (κ3) is 2.81. The summed E-state index contributed by atoms with van der Waals surface area (Å²) in [5, 5.41) is 0. The van der Waals surface area contributed by atoms with Gasteiger partial charge in [-0.05, 0) is 6.92 Å². The number of amides is 6. The van der Waals surface area contributed by atoms with Crippen LogP contribution in [0.3, 0.4) is 0 Å².